The van der Waals surface area contributed by atoms with Gasteiger partial charge in [-0.1, -0.05) is 49.4 Å². The molecule has 2 aromatic rings. The van der Waals surface area contributed by atoms with Gasteiger partial charge in [0.25, 0.3) is 0 Å². The summed E-state index contributed by atoms with van der Waals surface area (Å²) in [5, 5.41) is 12.6. The highest BCUT2D eigenvalue weighted by atomic mass is 16.3. The van der Waals surface area contributed by atoms with Crippen molar-refractivity contribution in [1.29, 1.82) is 0 Å². The summed E-state index contributed by atoms with van der Waals surface area (Å²) in [7, 11) is 4.06. The van der Waals surface area contributed by atoms with E-state index < -0.39 is 0 Å². The monoisotopic (exact) mass is 352 g/mol. The normalized spacial score (nSPS) is 22.8. The fourth-order valence-corrected chi connectivity index (χ4v) is 3.73. The minimum absolute atomic E-state index is 0.0777. The number of rotatable bonds is 7. The number of amides is 1. The van der Waals surface area contributed by atoms with Crippen LogP contribution >= 0.6 is 0 Å². The van der Waals surface area contributed by atoms with Crippen LogP contribution in [0.25, 0.3) is 0 Å². The van der Waals surface area contributed by atoms with Crippen molar-refractivity contribution < 1.29 is 9.90 Å². The lowest BCUT2D eigenvalue weighted by atomic mass is 10.0. The molecule has 26 heavy (non-hydrogen) atoms. The highest BCUT2D eigenvalue weighted by molar-refractivity contribution is 5.83. The molecule has 0 radical (unpaired) electrons. The molecule has 138 valence electrons. The molecule has 1 aliphatic rings. The molecule has 4 heteroatoms. The van der Waals surface area contributed by atoms with E-state index in [-0.39, 0.29) is 23.6 Å². The van der Waals surface area contributed by atoms with E-state index >= 15 is 0 Å². The number of nitrogens with one attached hydrogen (secondary N) is 1. The Bertz CT molecular complexity index is 728. The summed E-state index contributed by atoms with van der Waals surface area (Å²) in [6, 6.07) is 17.8. The van der Waals surface area contributed by atoms with Crippen LogP contribution in [0.15, 0.2) is 54.6 Å². The first kappa shape index (κ1) is 18.5. The number of nitrogens with zero attached hydrogens (tertiary/aromatic N) is 1. The fraction of sp³-hybridized carbons (Fsp3) is 0.409. The second kappa shape index (κ2) is 7.92. The Hall–Kier alpha value is -2.33. The number of carbonyl (C=O) groups is 1. The number of phenolic OH excluding ortho intramolecular Hbond substituents is 1. The first-order chi connectivity index (χ1) is 12.5. The summed E-state index contributed by atoms with van der Waals surface area (Å²) >= 11 is 0. The lowest BCUT2D eigenvalue weighted by Gasteiger charge is -2.25. The van der Waals surface area contributed by atoms with Crippen LogP contribution in [0.2, 0.25) is 0 Å². The fourth-order valence-electron chi connectivity index (χ4n) is 3.73. The van der Waals surface area contributed by atoms with Gasteiger partial charge in [-0.3, -0.25) is 4.79 Å². The van der Waals surface area contributed by atoms with E-state index in [1.807, 2.05) is 44.4 Å². The van der Waals surface area contributed by atoms with Crippen molar-refractivity contribution >= 4 is 5.91 Å². The third kappa shape index (κ3) is 4.25. The Morgan fingerprint density at radius 2 is 1.77 bits per heavy atom. The highest BCUT2D eigenvalue weighted by Gasteiger charge is 2.52. The smallest absolute Gasteiger partial charge is 0.224 e. The molecule has 0 spiro atoms. The van der Waals surface area contributed by atoms with E-state index in [1.165, 1.54) is 5.56 Å². The Labute approximate surface area is 155 Å². The number of phenols is 1. The molecule has 0 saturated heterocycles. The van der Waals surface area contributed by atoms with Gasteiger partial charge in [-0.15, -0.1) is 0 Å². The Balaban J connectivity index is 1.56. The molecule has 1 fully saturated rings. The first-order valence-corrected chi connectivity index (χ1v) is 9.24. The van der Waals surface area contributed by atoms with Gasteiger partial charge in [-0.05, 0) is 55.6 Å². The SMILES string of the molecule is CC1C(C(=O)NC[C@H](Cc2ccc(O)cc2)N(C)C)C1c1ccccc1. The molecule has 4 nitrogen and oxygen atoms in total. The van der Waals surface area contributed by atoms with Gasteiger partial charge in [-0.2, -0.15) is 0 Å². The maximum absolute atomic E-state index is 12.7. The predicted octanol–water partition coefficient (Wildman–Crippen LogP) is 3.03. The van der Waals surface area contributed by atoms with E-state index in [4.69, 9.17) is 0 Å². The van der Waals surface area contributed by atoms with Gasteiger partial charge in [0.1, 0.15) is 5.75 Å². The van der Waals surface area contributed by atoms with Crippen LogP contribution in [-0.2, 0) is 11.2 Å². The van der Waals surface area contributed by atoms with Gasteiger partial charge < -0.3 is 15.3 Å². The van der Waals surface area contributed by atoms with E-state index in [2.05, 4.69) is 29.3 Å². The third-order valence-electron chi connectivity index (χ3n) is 5.52. The predicted molar refractivity (Wildman–Crippen MR) is 104 cm³/mol. The van der Waals surface area contributed by atoms with Crippen LogP contribution in [0.3, 0.4) is 0 Å². The number of benzene rings is 2. The van der Waals surface area contributed by atoms with E-state index in [0.717, 1.165) is 12.0 Å². The van der Waals surface area contributed by atoms with E-state index in [9.17, 15) is 9.90 Å². The van der Waals surface area contributed by atoms with Crippen molar-refractivity contribution in [2.24, 2.45) is 11.8 Å². The maximum Gasteiger partial charge on any atom is 0.224 e. The molecule has 0 aromatic heterocycles. The van der Waals surface area contributed by atoms with Crippen LogP contribution in [0.5, 0.6) is 5.75 Å². The molecule has 3 unspecified atom stereocenters. The Morgan fingerprint density at radius 3 is 2.38 bits per heavy atom. The summed E-state index contributed by atoms with van der Waals surface area (Å²) in [6.45, 7) is 2.78. The number of hydrogen-bond acceptors (Lipinski definition) is 3. The Morgan fingerprint density at radius 1 is 1.12 bits per heavy atom. The lowest BCUT2D eigenvalue weighted by molar-refractivity contribution is -0.122. The van der Waals surface area contributed by atoms with Gasteiger partial charge >= 0.3 is 0 Å². The van der Waals surface area contributed by atoms with Crippen molar-refractivity contribution in [2.45, 2.75) is 25.3 Å². The molecule has 4 atom stereocenters. The minimum Gasteiger partial charge on any atom is -0.508 e. The molecule has 0 bridgehead atoms. The number of likely N-dealkylation sites (N-methyl/N-ethyl adjacent to an activating group) is 1. The summed E-state index contributed by atoms with van der Waals surface area (Å²) in [4.78, 5) is 14.8. The first-order valence-electron chi connectivity index (χ1n) is 9.24. The zero-order valence-corrected chi connectivity index (χ0v) is 15.7. The zero-order valence-electron chi connectivity index (χ0n) is 15.7. The summed E-state index contributed by atoms with van der Waals surface area (Å²) in [5.41, 5.74) is 2.41. The second-order valence-electron chi connectivity index (χ2n) is 7.55. The van der Waals surface area contributed by atoms with Crippen molar-refractivity contribution in [3.05, 3.63) is 65.7 Å². The van der Waals surface area contributed by atoms with Crippen LogP contribution in [-0.4, -0.2) is 42.6 Å². The average molecular weight is 352 g/mol. The topological polar surface area (TPSA) is 52.6 Å². The number of aromatic hydroxyl groups is 1. The molecule has 2 aromatic carbocycles. The minimum atomic E-state index is 0.0777. The van der Waals surface area contributed by atoms with Crippen LogP contribution in [0, 0.1) is 11.8 Å². The molecular formula is C22H28N2O2. The number of carbonyl (C=O) groups excluding carboxylic acids is 1. The molecular weight excluding hydrogens is 324 g/mol. The molecule has 0 heterocycles. The van der Waals surface area contributed by atoms with Crippen LogP contribution in [0.1, 0.15) is 24.0 Å². The molecule has 2 N–H and O–H groups in total. The van der Waals surface area contributed by atoms with Gasteiger partial charge in [0.15, 0.2) is 0 Å². The van der Waals surface area contributed by atoms with Crippen molar-refractivity contribution in [2.75, 3.05) is 20.6 Å². The molecule has 1 saturated carbocycles. The van der Waals surface area contributed by atoms with Crippen molar-refractivity contribution in [3.8, 4) is 5.75 Å². The zero-order chi connectivity index (χ0) is 18.7. The van der Waals surface area contributed by atoms with Gasteiger partial charge in [0.05, 0.1) is 0 Å². The van der Waals surface area contributed by atoms with E-state index in [0.29, 0.717) is 18.4 Å². The van der Waals surface area contributed by atoms with Crippen LogP contribution in [0.4, 0.5) is 0 Å². The molecule has 1 amide bonds. The average Bonchev–Trinajstić information content (AvgIpc) is 3.31. The quantitative estimate of drug-likeness (QED) is 0.805. The number of hydrogen-bond donors (Lipinski definition) is 2. The van der Waals surface area contributed by atoms with Gasteiger partial charge in [0.2, 0.25) is 5.91 Å². The summed E-state index contributed by atoms with van der Waals surface area (Å²) < 4.78 is 0. The van der Waals surface area contributed by atoms with Crippen LogP contribution < -0.4 is 5.32 Å². The standard InChI is InChI=1S/C22H28N2O2/c1-15-20(17-7-5-4-6-8-17)21(15)22(26)23-14-18(24(2)3)13-16-9-11-19(25)12-10-16/h4-12,15,18,20-21,25H,13-14H2,1-3H3,(H,23,26)/t15?,18-,20?,21?/m0/s1. The maximum atomic E-state index is 12.7. The third-order valence-corrected chi connectivity index (χ3v) is 5.52. The van der Waals surface area contributed by atoms with Gasteiger partial charge in [-0.25, -0.2) is 0 Å². The lowest BCUT2D eigenvalue weighted by Crippen LogP contribution is -2.42. The van der Waals surface area contributed by atoms with E-state index in [1.54, 1.807) is 12.1 Å². The largest absolute Gasteiger partial charge is 0.508 e. The second-order valence-corrected chi connectivity index (χ2v) is 7.55. The summed E-state index contributed by atoms with van der Waals surface area (Å²) in [5.74, 6) is 1.24. The molecule has 1 aliphatic carbocycles. The summed E-state index contributed by atoms with van der Waals surface area (Å²) in [6.07, 6.45) is 0.829. The highest BCUT2D eigenvalue weighted by Crippen LogP contribution is 2.53. The van der Waals surface area contributed by atoms with Gasteiger partial charge in [0, 0.05) is 18.5 Å². The Kier molecular flexibility index (Phi) is 5.62. The van der Waals surface area contributed by atoms with Crippen molar-refractivity contribution in [3.63, 3.8) is 0 Å². The molecule has 0 aliphatic heterocycles. The van der Waals surface area contributed by atoms with Crippen molar-refractivity contribution in [1.82, 2.24) is 10.2 Å². The molecule has 3 rings (SSSR count).